The second-order valence-corrected chi connectivity index (χ2v) is 7.71. The number of hydrogen-bond acceptors (Lipinski definition) is 3. The number of anilines is 1. The van der Waals surface area contributed by atoms with Crippen molar-refractivity contribution >= 4 is 29.5 Å². The van der Waals surface area contributed by atoms with Gasteiger partial charge in [-0.1, -0.05) is 48.0 Å². The first-order valence-electron chi connectivity index (χ1n) is 10.1. The monoisotopic (exact) mass is 439 g/mol. The van der Waals surface area contributed by atoms with Gasteiger partial charge in [-0.15, -0.1) is 0 Å². The van der Waals surface area contributed by atoms with Gasteiger partial charge in [0.15, 0.2) is 0 Å². The van der Waals surface area contributed by atoms with E-state index in [4.69, 9.17) is 11.6 Å². The number of amides is 3. The Balaban J connectivity index is 1.91. The Kier molecular flexibility index (Phi) is 7.31. The molecule has 0 spiro atoms. The fourth-order valence-electron chi connectivity index (χ4n) is 3.10. The molecule has 2 N–H and O–H groups in total. The summed E-state index contributed by atoms with van der Waals surface area (Å²) < 4.78 is 1.78. The summed E-state index contributed by atoms with van der Waals surface area (Å²) in [5.41, 5.74) is 2.40. The van der Waals surface area contributed by atoms with Crippen molar-refractivity contribution in [3.63, 3.8) is 0 Å². The van der Waals surface area contributed by atoms with Crippen LogP contribution >= 0.6 is 11.6 Å². The highest BCUT2D eigenvalue weighted by Crippen LogP contribution is 2.25. The molecule has 1 aromatic heterocycles. The Morgan fingerprint density at radius 3 is 2.52 bits per heavy atom. The summed E-state index contributed by atoms with van der Waals surface area (Å²) in [6.07, 6.45) is 1.85. The number of imidazole rings is 1. The molecule has 0 atom stereocenters. The lowest BCUT2D eigenvalue weighted by atomic mass is 10.2. The van der Waals surface area contributed by atoms with Crippen LogP contribution in [-0.2, 0) is 4.79 Å². The molecule has 0 fully saturated rings. The van der Waals surface area contributed by atoms with Crippen LogP contribution in [0.1, 0.15) is 20.8 Å². The summed E-state index contributed by atoms with van der Waals surface area (Å²) in [5.74, 6) is 0.0131. The normalized spacial score (nSPS) is 10.7. The Bertz CT molecular complexity index is 1050. The summed E-state index contributed by atoms with van der Waals surface area (Å²) in [4.78, 5) is 31.2. The fraction of sp³-hybridized carbons (Fsp3) is 0.261. The molecule has 7 nitrogen and oxygen atoms in total. The topological polar surface area (TPSA) is 79.3 Å². The third kappa shape index (κ3) is 5.64. The molecular formula is C23H26ClN5O2. The first-order valence-corrected chi connectivity index (χ1v) is 10.5. The maximum Gasteiger partial charge on any atom is 0.318 e. The van der Waals surface area contributed by atoms with Crippen molar-refractivity contribution < 1.29 is 9.59 Å². The van der Waals surface area contributed by atoms with Gasteiger partial charge < -0.3 is 10.2 Å². The first kappa shape index (κ1) is 22.4. The largest absolute Gasteiger partial charge is 0.338 e. The highest BCUT2D eigenvalue weighted by Gasteiger charge is 2.21. The maximum absolute atomic E-state index is 12.8. The van der Waals surface area contributed by atoms with Gasteiger partial charge in [-0.3, -0.25) is 14.7 Å². The Hall–Kier alpha value is -3.32. The minimum Gasteiger partial charge on any atom is -0.338 e. The predicted octanol–water partition coefficient (Wildman–Crippen LogP) is 4.57. The number of carbonyl (C=O) groups is 2. The predicted molar refractivity (Wildman–Crippen MR) is 124 cm³/mol. The Morgan fingerprint density at radius 1 is 1.13 bits per heavy atom. The van der Waals surface area contributed by atoms with Crippen LogP contribution in [0.5, 0.6) is 0 Å². The minimum atomic E-state index is -0.339. The van der Waals surface area contributed by atoms with Crippen molar-refractivity contribution in [2.75, 3.05) is 18.4 Å². The van der Waals surface area contributed by atoms with Gasteiger partial charge in [-0.25, -0.2) is 9.78 Å². The van der Waals surface area contributed by atoms with Gasteiger partial charge in [0.2, 0.25) is 11.9 Å². The summed E-state index contributed by atoms with van der Waals surface area (Å²) in [6.45, 7) is 5.96. The van der Waals surface area contributed by atoms with Crippen LogP contribution in [0.15, 0.2) is 60.8 Å². The molecule has 0 saturated heterocycles. The van der Waals surface area contributed by atoms with Crippen LogP contribution in [0.25, 0.3) is 16.9 Å². The highest BCUT2D eigenvalue weighted by atomic mass is 35.5. The fourth-order valence-corrected chi connectivity index (χ4v) is 3.28. The zero-order valence-electron chi connectivity index (χ0n) is 17.8. The van der Waals surface area contributed by atoms with E-state index in [1.807, 2.05) is 69.4 Å². The van der Waals surface area contributed by atoms with Gasteiger partial charge in [0.1, 0.15) is 6.54 Å². The summed E-state index contributed by atoms with van der Waals surface area (Å²) in [6, 6.07) is 16.6. The molecule has 162 valence electrons. The number of carbonyl (C=O) groups excluding carboxylic acids is 2. The number of nitrogens with zero attached hydrogens (tertiary/aromatic N) is 3. The van der Waals surface area contributed by atoms with E-state index in [9.17, 15) is 9.59 Å². The molecule has 0 aliphatic carbocycles. The number of nitrogens with one attached hydrogen (secondary N) is 2. The molecule has 8 heteroatoms. The average Bonchev–Trinajstić information content (AvgIpc) is 3.16. The van der Waals surface area contributed by atoms with E-state index < -0.39 is 0 Å². The van der Waals surface area contributed by atoms with Gasteiger partial charge in [0.05, 0.1) is 5.69 Å². The molecule has 0 aliphatic rings. The molecule has 3 rings (SSSR count). The van der Waals surface area contributed by atoms with E-state index in [1.165, 1.54) is 4.90 Å². The SMILES string of the molecule is CCNC(=O)N(CC(=O)Nc1nc(-c2ccccc2)cn1-c1cccc(Cl)c1)C(C)C. The number of aromatic nitrogens is 2. The van der Waals surface area contributed by atoms with Crippen molar-refractivity contribution in [3.8, 4) is 16.9 Å². The zero-order valence-corrected chi connectivity index (χ0v) is 18.6. The minimum absolute atomic E-state index is 0.0907. The standard InChI is InChI=1S/C23H26ClN5O2/c1-4-25-23(31)28(16(2)3)15-21(30)27-22-26-20(17-9-6-5-7-10-17)14-29(22)19-12-8-11-18(24)13-19/h5-14,16H,4,15H2,1-3H3,(H,25,31)(H,26,27,30). The van der Waals surface area contributed by atoms with Crippen molar-refractivity contribution in [1.29, 1.82) is 0 Å². The summed E-state index contributed by atoms with van der Waals surface area (Å²) in [5, 5.41) is 6.16. The summed E-state index contributed by atoms with van der Waals surface area (Å²) in [7, 11) is 0. The van der Waals surface area contributed by atoms with Gasteiger partial charge in [0.25, 0.3) is 0 Å². The number of halogens is 1. The van der Waals surface area contributed by atoms with Gasteiger partial charge in [0, 0.05) is 35.1 Å². The molecule has 31 heavy (non-hydrogen) atoms. The molecule has 0 radical (unpaired) electrons. The quantitative estimate of drug-likeness (QED) is 0.565. The molecule has 3 aromatic rings. The molecule has 0 saturated carbocycles. The highest BCUT2D eigenvalue weighted by molar-refractivity contribution is 6.30. The third-order valence-corrected chi connectivity index (χ3v) is 4.87. The van der Waals surface area contributed by atoms with Crippen molar-refractivity contribution in [3.05, 3.63) is 65.8 Å². The van der Waals surface area contributed by atoms with E-state index in [0.29, 0.717) is 23.2 Å². The molecule has 1 heterocycles. The van der Waals surface area contributed by atoms with E-state index in [-0.39, 0.29) is 24.5 Å². The van der Waals surface area contributed by atoms with Gasteiger partial charge >= 0.3 is 6.03 Å². The van der Waals surface area contributed by atoms with Crippen LogP contribution in [0.2, 0.25) is 5.02 Å². The Morgan fingerprint density at radius 2 is 1.87 bits per heavy atom. The number of rotatable bonds is 7. The van der Waals surface area contributed by atoms with Crippen LogP contribution in [-0.4, -0.2) is 45.5 Å². The lowest BCUT2D eigenvalue weighted by Gasteiger charge is -2.26. The molecule has 0 unspecified atom stereocenters. The molecule has 0 bridgehead atoms. The third-order valence-electron chi connectivity index (χ3n) is 4.64. The maximum atomic E-state index is 12.8. The first-order chi connectivity index (χ1) is 14.9. The van der Waals surface area contributed by atoms with Gasteiger partial charge in [-0.2, -0.15) is 0 Å². The summed E-state index contributed by atoms with van der Waals surface area (Å²) >= 11 is 6.17. The average molecular weight is 440 g/mol. The van der Waals surface area contributed by atoms with Crippen molar-refractivity contribution in [1.82, 2.24) is 19.8 Å². The number of hydrogen-bond donors (Lipinski definition) is 2. The number of urea groups is 1. The zero-order chi connectivity index (χ0) is 22.4. The molecule has 2 aromatic carbocycles. The van der Waals surface area contributed by atoms with Crippen molar-refractivity contribution in [2.24, 2.45) is 0 Å². The smallest absolute Gasteiger partial charge is 0.318 e. The van der Waals surface area contributed by atoms with E-state index in [2.05, 4.69) is 15.6 Å². The molecule has 0 aliphatic heterocycles. The second-order valence-electron chi connectivity index (χ2n) is 7.27. The second kappa shape index (κ2) is 10.1. The Labute approximate surface area is 187 Å². The lowest BCUT2D eigenvalue weighted by molar-refractivity contribution is -0.117. The van der Waals surface area contributed by atoms with E-state index in [1.54, 1.807) is 16.7 Å². The number of benzene rings is 2. The lowest BCUT2D eigenvalue weighted by Crippen LogP contribution is -2.47. The van der Waals surface area contributed by atoms with E-state index in [0.717, 1.165) is 11.3 Å². The van der Waals surface area contributed by atoms with Crippen LogP contribution in [0.3, 0.4) is 0 Å². The molecule has 3 amide bonds. The van der Waals surface area contributed by atoms with Crippen LogP contribution < -0.4 is 10.6 Å². The van der Waals surface area contributed by atoms with Gasteiger partial charge in [-0.05, 0) is 39.0 Å². The van der Waals surface area contributed by atoms with Crippen molar-refractivity contribution in [2.45, 2.75) is 26.8 Å². The van der Waals surface area contributed by atoms with Crippen LogP contribution in [0.4, 0.5) is 10.7 Å². The van der Waals surface area contributed by atoms with Crippen LogP contribution in [0, 0.1) is 0 Å². The molecular weight excluding hydrogens is 414 g/mol. The van der Waals surface area contributed by atoms with E-state index >= 15 is 0 Å².